The van der Waals surface area contributed by atoms with Crippen LogP contribution in [-0.2, 0) is 11.3 Å². The number of nitrogens with one attached hydrogen (secondary N) is 1. The molecule has 0 saturated heterocycles. The van der Waals surface area contributed by atoms with Crippen LogP contribution in [0.5, 0.6) is 11.5 Å². The molecular weight excluding hydrogens is 407 g/mol. The maximum absolute atomic E-state index is 12.0. The molecule has 28 heavy (non-hydrogen) atoms. The monoisotopic (exact) mass is 418 g/mol. The minimum Gasteiger partial charge on any atom is -0.454 e. The van der Waals surface area contributed by atoms with E-state index in [1.807, 2.05) is 6.07 Å². The fourth-order valence-corrected chi connectivity index (χ4v) is 2.85. The Balaban J connectivity index is 1.38. The maximum Gasteiger partial charge on any atom is 0.263 e. The van der Waals surface area contributed by atoms with E-state index in [0.717, 1.165) is 4.80 Å². The molecule has 2 aromatic carbocycles. The van der Waals surface area contributed by atoms with Crippen molar-refractivity contribution >= 4 is 35.3 Å². The normalized spacial score (nSPS) is 12.5. The molecular formula is C17H12Cl2N6O3. The van der Waals surface area contributed by atoms with Gasteiger partial charge in [0.25, 0.3) is 5.91 Å². The van der Waals surface area contributed by atoms with Crippen LogP contribution in [0.2, 0.25) is 10.0 Å². The summed E-state index contributed by atoms with van der Waals surface area (Å²) < 4.78 is 10.5. The number of aromatic nitrogens is 4. The Kier molecular flexibility index (Phi) is 5.09. The number of hydrogen-bond donors (Lipinski definition) is 1. The summed E-state index contributed by atoms with van der Waals surface area (Å²) in [6.07, 6.45) is 1.41. The molecule has 0 aliphatic carbocycles. The average molecular weight is 419 g/mol. The molecule has 1 amide bonds. The summed E-state index contributed by atoms with van der Waals surface area (Å²) in [7, 11) is 0. The van der Waals surface area contributed by atoms with Gasteiger partial charge in [0.1, 0.15) is 6.54 Å². The number of hydrogen-bond acceptors (Lipinski definition) is 7. The SMILES string of the molecule is O=C(Cn1nnc(-c2ccccc2Cl)n1)N/N=C/c1cc2c(cc1Cl)OCO2. The van der Waals surface area contributed by atoms with E-state index in [-0.39, 0.29) is 13.3 Å². The first-order valence-electron chi connectivity index (χ1n) is 8.04. The molecule has 0 saturated carbocycles. The first-order valence-corrected chi connectivity index (χ1v) is 8.79. The van der Waals surface area contributed by atoms with Crippen LogP contribution in [0.25, 0.3) is 11.4 Å². The second-order valence-electron chi connectivity index (χ2n) is 5.64. The predicted molar refractivity (Wildman–Crippen MR) is 102 cm³/mol. The third-order valence-corrected chi connectivity index (χ3v) is 4.39. The van der Waals surface area contributed by atoms with Gasteiger partial charge in [-0.1, -0.05) is 35.3 Å². The smallest absolute Gasteiger partial charge is 0.263 e. The minimum absolute atomic E-state index is 0.143. The van der Waals surface area contributed by atoms with Gasteiger partial charge >= 0.3 is 0 Å². The molecule has 11 heteroatoms. The van der Waals surface area contributed by atoms with Crippen molar-refractivity contribution in [1.29, 1.82) is 0 Å². The molecule has 0 unspecified atom stereocenters. The van der Waals surface area contributed by atoms with Gasteiger partial charge in [0, 0.05) is 17.2 Å². The predicted octanol–water partition coefficient (Wildman–Crippen LogP) is 2.53. The zero-order valence-electron chi connectivity index (χ0n) is 14.2. The summed E-state index contributed by atoms with van der Waals surface area (Å²) >= 11 is 12.2. The fourth-order valence-electron chi connectivity index (χ4n) is 2.43. The molecule has 1 aliphatic rings. The molecule has 0 radical (unpaired) electrons. The van der Waals surface area contributed by atoms with Crippen molar-refractivity contribution in [2.45, 2.75) is 6.54 Å². The molecule has 3 aromatic rings. The summed E-state index contributed by atoms with van der Waals surface area (Å²) in [6.45, 7) is -0.0201. The van der Waals surface area contributed by atoms with Crippen LogP contribution >= 0.6 is 23.2 Å². The zero-order chi connectivity index (χ0) is 19.5. The Morgan fingerprint density at radius 3 is 2.82 bits per heavy atom. The van der Waals surface area contributed by atoms with Gasteiger partial charge in [0.2, 0.25) is 12.6 Å². The van der Waals surface area contributed by atoms with Gasteiger partial charge in [-0.25, -0.2) is 5.43 Å². The van der Waals surface area contributed by atoms with Crippen molar-refractivity contribution in [3.63, 3.8) is 0 Å². The lowest BCUT2D eigenvalue weighted by molar-refractivity contribution is -0.122. The second-order valence-corrected chi connectivity index (χ2v) is 6.46. The van der Waals surface area contributed by atoms with Crippen LogP contribution in [0.1, 0.15) is 5.56 Å². The number of halogens is 2. The summed E-state index contributed by atoms with van der Waals surface area (Å²) in [5, 5.41) is 16.7. The van der Waals surface area contributed by atoms with Crippen LogP contribution in [0.4, 0.5) is 0 Å². The number of ether oxygens (including phenoxy) is 2. The highest BCUT2D eigenvalue weighted by Gasteiger charge is 2.16. The zero-order valence-corrected chi connectivity index (χ0v) is 15.7. The van der Waals surface area contributed by atoms with Crippen LogP contribution in [0, 0.1) is 0 Å². The first-order chi connectivity index (χ1) is 13.6. The van der Waals surface area contributed by atoms with E-state index in [2.05, 4.69) is 25.9 Å². The third kappa shape index (κ3) is 3.90. The highest BCUT2D eigenvalue weighted by atomic mass is 35.5. The number of benzene rings is 2. The number of carbonyl (C=O) groups excluding carboxylic acids is 1. The molecule has 142 valence electrons. The molecule has 1 N–H and O–H groups in total. The minimum atomic E-state index is -0.434. The number of tetrazole rings is 1. The quantitative estimate of drug-likeness (QED) is 0.504. The third-order valence-electron chi connectivity index (χ3n) is 3.74. The van der Waals surface area contributed by atoms with E-state index >= 15 is 0 Å². The van der Waals surface area contributed by atoms with Crippen molar-refractivity contribution in [3.8, 4) is 22.9 Å². The standard InChI is InChI=1S/C17H12Cl2N6O3/c18-12-4-2-1-3-11(12)17-22-24-25(23-17)8-16(26)21-20-7-10-5-14-15(6-13(10)19)28-9-27-14/h1-7H,8-9H2,(H,21,26)/b20-7+. The van der Waals surface area contributed by atoms with Gasteiger partial charge in [-0.05, 0) is 23.4 Å². The second kappa shape index (κ2) is 7.83. The van der Waals surface area contributed by atoms with Gasteiger partial charge in [0.15, 0.2) is 11.5 Å². The molecule has 9 nitrogen and oxygen atoms in total. The summed E-state index contributed by atoms with van der Waals surface area (Å²) in [5.41, 5.74) is 3.59. The Morgan fingerprint density at radius 2 is 2.00 bits per heavy atom. The largest absolute Gasteiger partial charge is 0.454 e. The van der Waals surface area contributed by atoms with Gasteiger partial charge in [-0.2, -0.15) is 9.90 Å². The van der Waals surface area contributed by atoms with Crippen LogP contribution in [-0.4, -0.2) is 39.1 Å². The number of fused-ring (bicyclic) bond motifs is 1. The fraction of sp³-hybridized carbons (Fsp3) is 0.118. The lowest BCUT2D eigenvalue weighted by Gasteiger charge is -2.02. The number of nitrogens with zero attached hydrogens (tertiary/aromatic N) is 5. The molecule has 1 aliphatic heterocycles. The van der Waals surface area contributed by atoms with E-state index in [0.29, 0.717) is 38.5 Å². The molecule has 0 spiro atoms. The van der Waals surface area contributed by atoms with Crippen LogP contribution in [0.3, 0.4) is 0 Å². The number of hydrazone groups is 1. The Morgan fingerprint density at radius 1 is 1.21 bits per heavy atom. The van der Waals surface area contributed by atoms with Crippen LogP contribution in [0.15, 0.2) is 41.5 Å². The van der Waals surface area contributed by atoms with E-state index in [1.165, 1.54) is 6.21 Å². The molecule has 0 atom stereocenters. The van der Waals surface area contributed by atoms with Crippen molar-refractivity contribution in [2.75, 3.05) is 6.79 Å². The molecule has 2 heterocycles. The highest BCUT2D eigenvalue weighted by molar-refractivity contribution is 6.33. The highest BCUT2D eigenvalue weighted by Crippen LogP contribution is 2.36. The van der Waals surface area contributed by atoms with E-state index in [4.69, 9.17) is 32.7 Å². The summed E-state index contributed by atoms with van der Waals surface area (Å²) in [4.78, 5) is 13.2. The number of amides is 1. The van der Waals surface area contributed by atoms with E-state index in [9.17, 15) is 4.79 Å². The van der Waals surface area contributed by atoms with Crippen molar-refractivity contribution in [1.82, 2.24) is 25.6 Å². The van der Waals surface area contributed by atoms with Crippen molar-refractivity contribution in [2.24, 2.45) is 5.10 Å². The Bertz CT molecular complexity index is 1070. The van der Waals surface area contributed by atoms with Gasteiger partial charge in [0.05, 0.1) is 16.3 Å². The lowest BCUT2D eigenvalue weighted by Crippen LogP contribution is -2.24. The Hall–Kier alpha value is -3.17. The summed E-state index contributed by atoms with van der Waals surface area (Å²) in [5.74, 6) is 1.03. The first kappa shape index (κ1) is 18.2. The van der Waals surface area contributed by atoms with Crippen LogP contribution < -0.4 is 14.9 Å². The van der Waals surface area contributed by atoms with E-state index < -0.39 is 5.91 Å². The topological polar surface area (TPSA) is 104 Å². The molecule has 4 rings (SSSR count). The number of rotatable bonds is 5. The number of carbonyl (C=O) groups is 1. The molecule has 1 aromatic heterocycles. The van der Waals surface area contributed by atoms with Crippen molar-refractivity contribution < 1.29 is 14.3 Å². The summed E-state index contributed by atoms with van der Waals surface area (Å²) in [6, 6.07) is 10.4. The van der Waals surface area contributed by atoms with Gasteiger partial charge in [-0.15, -0.1) is 10.2 Å². The molecule has 0 fully saturated rings. The maximum atomic E-state index is 12.0. The van der Waals surface area contributed by atoms with Gasteiger partial charge in [-0.3, -0.25) is 4.79 Å². The van der Waals surface area contributed by atoms with E-state index in [1.54, 1.807) is 30.3 Å². The van der Waals surface area contributed by atoms with Crippen molar-refractivity contribution in [3.05, 3.63) is 52.0 Å². The average Bonchev–Trinajstić information content (AvgIpc) is 3.31. The van der Waals surface area contributed by atoms with Gasteiger partial charge < -0.3 is 9.47 Å². The lowest BCUT2D eigenvalue weighted by atomic mass is 10.2. The molecule has 0 bridgehead atoms. The Labute approximate surface area is 168 Å².